The second-order valence-electron chi connectivity index (χ2n) is 5.34. The molecular weight excluding hydrogens is 351 g/mol. The van der Waals surface area contributed by atoms with Gasteiger partial charge in [0, 0.05) is 18.3 Å². The maximum atomic E-state index is 12.9. The standard InChI is InChI=1S/C16H14F3N5O2/c17-16(18,19)9-2-1-3-10(6-9)23-14-13-11(21-8-22-15(13)26)7-12(24-14)20-4-5-25/h1-3,6-8,25H,4-5H2,(H2,20,23,24)(H,21,22,26). The fourth-order valence-corrected chi connectivity index (χ4v) is 2.36. The summed E-state index contributed by atoms with van der Waals surface area (Å²) in [6.45, 7) is 0.0730. The molecule has 0 radical (unpaired) electrons. The minimum absolute atomic E-state index is 0.0524. The molecule has 0 atom stereocenters. The van der Waals surface area contributed by atoms with Gasteiger partial charge in [-0.2, -0.15) is 13.2 Å². The Hall–Kier alpha value is -3.14. The lowest BCUT2D eigenvalue weighted by atomic mass is 10.2. The molecule has 0 amide bonds. The summed E-state index contributed by atoms with van der Waals surface area (Å²) >= 11 is 0. The Kier molecular flexibility index (Phi) is 4.76. The van der Waals surface area contributed by atoms with Gasteiger partial charge in [-0.3, -0.25) is 4.79 Å². The lowest BCUT2D eigenvalue weighted by Crippen LogP contribution is -2.13. The lowest BCUT2D eigenvalue weighted by Gasteiger charge is -2.13. The number of fused-ring (bicyclic) bond motifs is 1. The minimum Gasteiger partial charge on any atom is -0.395 e. The van der Waals surface area contributed by atoms with Gasteiger partial charge in [0.25, 0.3) is 5.56 Å². The van der Waals surface area contributed by atoms with Gasteiger partial charge in [-0.05, 0) is 18.2 Å². The topological polar surface area (TPSA) is 103 Å². The van der Waals surface area contributed by atoms with E-state index in [2.05, 4.69) is 25.6 Å². The molecule has 7 nitrogen and oxygen atoms in total. The van der Waals surface area contributed by atoms with Crippen LogP contribution < -0.4 is 16.2 Å². The summed E-state index contributed by atoms with van der Waals surface area (Å²) in [5.74, 6) is 0.371. The zero-order valence-electron chi connectivity index (χ0n) is 13.3. The molecule has 0 unspecified atom stereocenters. The van der Waals surface area contributed by atoms with E-state index in [-0.39, 0.29) is 30.0 Å². The van der Waals surface area contributed by atoms with Crippen LogP contribution in [0.25, 0.3) is 10.9 Å². The summed E-state index contributed by atoms with van der Waals surface area (Å²) in [5, 5.41) is 14.6. The third-order valence-electron chi connectivity index (χ3n) is 3.50. The molecule has 3 aromatic rings. The fraction of sp³-hybridized carbons (Fsp3) is 0.188. The molecule has 4 N–H and O–H groups in total. The lowest BCUT2D eigenvalue weighted by molar-refractivity contribution is -0.137. The monoisotopic (exact) mass is 365 g/mol. The van der Waals surface area contributed by atoms with E-state index in [4.69, 9.17) is 5.11 Å². The third kappa shape index (κ3) is 3.75. The normalized spacial score (nSPS) is 11.5. The Morgan fingerprint density at radius 3 is 2.77 bits per heavy atom. The summed E-state index contributed by atoms with van der Waals surface area (Å²) in [5.41, 5.74) is -0.881. The first-order valence-electron chi connectivity index (χ1n) is 7.56. The second-order valence-corrected chi connectivity index (χ2v) is 5.34. The molecule has 0 aliphatic carbocycles. The van der Waals surface area contributed by atoms with Crippen molar-refractivity contribution in [3.63, 3.8) is 0 Å². The second kappa shape index (κ2) is 7.00. The van der Waals surface area contributed by atoms with Crippen molar-refractivity contribution in [1.29, 1.82) is 0 Å². The largest absolute Gasteiger partial charge is 0.416 e. The van der Waals surface area contributed by atoms with Gasteiger partial charge >= 0.3 is 6.18 Å². The van der Waals surface area contributed by atoms with Gasteiger partial charge in [0.1, 0.15) is 17.0 Å². The zero-order valence-corrected chi connectivity index (χ0v) is 13.3. The van der Waals surface area contributed by atoms with Crippen molar-refractivity contribution in [2.75, 3.05) is 23.8 Å². The van der Waals surface area contributed by atoms with Crippen LogP contribution in [-0.2, 0) is 6.18 Å². The number of nitrogens with one attached hydrogen (secondary N) is 3. The molecule has 0 aliphatic heterocycles. The molecule has 0 saturated carbocycles. The van der Waals surface area contributed by atoms with Gasteiger partial charge in [-0.1, -0.05) is 6.07 Å². The van der Waals surface area contributed by atoms with Crippen LogP contribution in [0, 0.1) is 0 Å². The molecule has 26 heavy (non-hydrogen) atoms. The van der Waals surface area contributed by atoms with E-state index in [0.717, 1.165) is 12.1 Å². The maximum Gasteiger partial charge on any atom is 0.416 e. The average Bonchev–Trinajstić information content (AvgIpc) is 2.59. The highest BCUT2D eigenvalue weighted by atomic mass is 19.4. The number of H-pyrrole nitrogens is 1. The molecule has 0 fully saturated rings. The van der Waals surface area contributed by atoms with Crippen LogP contribution in [0.15, 0.2) is 41.5 Å². The van der Waals surface area contributed by atoms with E-state index < -0.39 is 17.3 Å². The molecule has 2 heterocycles. The summed E-state index contributed by atoms with van der Waals surface area (Å²) < 4.78 is 38.7. The Morgan fingerprint density at radius 2 is 2.04 bits per heavy atom. The fourth-order valence-electron chi connectivity index (χ4n) is 2.36. The number of anilines is 3. The highest BCUT2D eigenvalue weighted by Crippen LogP contribution is 2.32. The van der Waals surface area contributed by atoms with Crippen molar-refractivity contribution in [2.24, 2.45) is 0 Å². The SMILES string of the molecule is O=c1[nH]cnc2cc(NCCO)nc(Nc3cccc(C(F)(F)F)c3)c12. The van der Waals surface area contributed by atoms with Crippen molar-refractivity contribution < 1.29 is 18.3 Å². The number of halogens is 3. The number of aromatic amines is 1. The van der Waals surface area contributed by atoms with Gasteiger partial charge in [0.15, 0.2) is 0 Å². The first kappa shape index (κ1) is 17.7. The van der Waals surface area contributed by atoms with Gasteiger partial charge in [0.05, 0.1) is 24.0 Å². The quantitative estimate of drug-likeness (QED) is 0.554. The van der Waals surface area contributed by atoms with Gasteiger partial charge < -0.3 is 20.7 Å². The van der Waals surface area contributed by atoms with Crippen molar-refractivity contribution in [3.05, 3.63) is 52.6 Å². The molecule has 1 aromatic carbocycles. The molecule has 0 aliphatic rings. The average molecular weight is 365 g/mol. The van der Waals surface area contributed by atoms with Crippen LogP contribution in [0.1, 0.15) is 5.56 Å². The molecule has 0 bridgehead atoms. The van der Waals surface area contributed by atoms with E-state index in [1.54, 1.807) is 0 Å². The van der Waals surface area contributed by atoms with Crippen molar-refractivity contribution in [1.82, 2.24) is 15.0 Å². The molecule has 0 spiro atoms. The molecule has 0 saturated heterocycles. The van der Waals surface area contributed by atoms with Crippen LogP contribution in [0.3, 0.4) is 0 Å². The van der Waals surface area contributed by atoms with E-state index in [1.807, 2.05) is 0 Å². The minimum atomic E-state index is -4.49. The predicted molar refractivity (Wildman–Crippen MR) is 90.5 cm³/mol. The smallest absolute Gasteiger partial charge is 0.395 e. The van der Waals surface area contributed by atoms with Crippen molar-refractivity contribution >= 4 is 28.2 Å². The summed E-state index contributed by atoms with van der Waals surface area (Å²) in [4.78, 5) is 22.8. The number of aliphatic hydroxyl groups excluding tert-OH is 1. The number of aliphatic hydroxyl groups is 1. The number of alkyl halides is 3. The highest BCUT2D eigenvalue weighted by molar-refractivity contribution is 5.91. The number of hydrogen-bond acceptors (Lipinski definition) is 6. The summed E-state index contributed by atoms with van der Waals surface area (Å²) in [6, 6.07) is 6.07. The number of hydrogen-bond donors (Lipinski definition) is 4. The number of nitrogens with zero attached hydrogens (tertiary/aromatic N) is 2. The van der Waals surface area contributed by atoms with E-state index in [9.17, 15) is 18.0 Å². The zero-order chi connectivity index (χ0) is 18.7. The Labute approximate surface area is 144 Å². The summed E-state index contributed by atoms with van der Waals surface area (Å²) in [6.07, 6.45) is -3.27. The van der Waals surface area contributed by atoms with Crippen LogP contribution in [0.2, 0.25) is 0 Å². The molecule has 10 heteroatoms. The van der Waals surface area contributed by atoms with Gasteiger partial charge in [-0.25, -0.2) is 9.97 Å². The van der Waals surface area contributed by atoms with Crippen molar-refractivity contribution in [3.8, 4) is 0 Å². The third-order valence-corrected chi connectivity index (χ3v) is 3.50. The summed E-state index contributed by atoms with van der Waals surface area (Å²) in [7, 11) is 0. The first-order valence-corrected chi connectivity index (χ1v) is 7.56. The molecule has 3 rings (SSSR count). The highest BCUT2D eigenvalue weighted by Gasteiger charge is 2.30. The van der Waals surface area contributed by atoms with Crippen LogP contribution in [-0.4, -0.2) is 33.2 Å². The van der Waals surface area contributed by atoms with E-state index in [0.29, 0.717) is 11.3 Å². The number of pyridine rings is 1. The Balaban J connectivity index is 2.07. The van der Waals surface area contributed by atoms with Crippen LogP contribution in [0.5, 0.6) is 0 Å². The van der Waals surface area contributed by atoms with Gasteiger partial charge in [-0.15, -0.1) is 0 Å². The molecular formula is C16H14F3N5O2. The van der Waals surface area contributed by atoms with E-state index >= 15 is 0 Å². The van der Waals surface area contributed by atoms with Crippen LogP contribution in [0.4, 0.5) is 30.5 Å². The molecule has 136 valence electrons. The van der Waals surface area contributed by atoms with Gasteiger partial charge in [0.2, 0.25) is 0 Å². The van der Waals surface area contributed by atoms with E-state index in [1.165, 1.54) is 24.5 Å². The number of rotatable bonds is 5. The molecule has 2 aromatic heterocycles. The number of benzene rings is 1. The number of aromatic nitrogens is 3. The predicted octanol–water partition coefficient (Wildman–Crippen LogP) is 2.48. The maximum absolute atomic E-state index is 12.9. The Morgan fingerprint density at radius 1 is 1.23 bits per heavy atom. The Bertz CT molecular complexity index is 988. The first-order chi connectivity index (χ1) is 12.4. The van der Waals surface area contributed by atoms with Crippen molar-refractivity contribution in [2.45, 2.75) is 6.18 Å². The van der Waals surface area contributed by atoms with Crippen LogP contribution >= 0.6 is 0 Å².